The Kier molecular flexibility index (Phi) is 5.85. The van der Waals surface area contributed by atoms with Gasteiger partial charge in [-0.1, -0.05) is 47.7 Å². The van der Waals surface area contributed by atoms with Crippen LogP contribution in [0.2, 0.25) is 0 Å². The monoisotopic (exact) mass is 475 g/mol. The van der Waals surface area contributed by atoms with Crippen LogP contribution in [0.4, 0.5) is 9.52 Å². The highest BCUT2D eigenvalue weighted by Crippen LogP contribution is 2.32. The molecule has 34 heavy (non-hydrogen) atoms. The maximum atomic E-state index is 14.3. The third kappa shape index (κ3) is 4.06. The van der Waals surface area contributed by atoms with Gasteiger partial charge in [-0.3, -0.25) is 9.69 Å². The van der Waals surface area contributed by atoms with Gasteiger partial charge in [-0.15, -0.1) is 0 Å². The van der Waals surface area contributed by atoms with E-state index in [4.69, 9.17) is 4.42 Å². The summed E-state index contributed by atoms with van der Waals surface area (Å²) in [6.45, 7) is 1.06. The Morgan fingerprint density at radius 2 is 1.85 bits per heavy atom. The van der Waals surface area contributed by atoms with Gasteiger partial charge in [0.2, 0.25) is 0 Å². The Morgan fingerprint density at radius 3 is 2.65 bits per heavy atom. The molecule has 2 aromatic heterocycles. The number of halogens is 1. The normalized spacial score (nSPS) is 11.6. The molecule has 0 saturated heterocycles. The zero-order valence-electron chi connectivity index (χ0n) is 18.7. The van der Waals surface area contributed by atoms with E-state index in [1.54, 1.807) is 24.3 Å². The lowest BCUT2D eigenvalue weighted by atomic mass is 10.0. The van der Waals surface area contributed by atoms with Crippen molar-refractivity contribution in [2.45, 2.75) is 6.42 Å². The van der Waals surface area contributed by atoms with Crippen LogP contribution in [-0.2, 0) is 0 Å². The molecule has 5 rings (SSSR count). The van der Waals surface area contributed by atoms with E-state index in [9.17, 15) is 14.0 Å². The number of thiazole rings is 1. The highest BCUT2D eigenvalue weighted by atomic mass is 32.1. The molecule has 0 aliphatic rings. The van der Waals surface area contributed by atoms with Crippen LogP contribution < -0.4 is 10.5 Å². The first-order valence-electron chi connectivity index (χ1n) is 10.9. The molecule has 0 bridgehead atoms. The highest BCUT2D eigenvalue weighted by molar-refractivity contribution is 7.22. The molecular weight excluding hydrogens is 453 g/mol. The number of benzene rings is 3. The van der Waals surface area contributed by atoms with Crippen molar-refractivity contribution in [2.24, 2.45) is 0 Å². The first-order chi connectivity index (χ1) is 16.4. The highest BCUT2D eigenvalue weighted by Gasteiger charge is 2.25. The summed E-state index contributed by atoms with van der Waals surface area (Å²) in [5, 5.41) is 2.90. The summed E-state index contributed by atoms with van der Waals surface area (Å²) < 4.78 is 20.5. The molecule has 0 atom stereocenters. The molecule has 1 amide bonds. The molecule has 2 heterocycles. The number of hydrogen-bond acceptors (Lipinski definition) is 6. The summed E-state index contributed by atoms with van der Waals surface area (Å²) in [6.07, 6.45) is 0.652. The van der Waals surface area contributed by atoms with Crippen LogP contribution in [0.1, 0.15) is 16.8 Å². The quantitative estimate of drug-likeness (QED) is 0.247. The Hall–Kier alpha value is -3.62. The number of hydrogen-bond donors (Lipinski definition) is 0. The van der Waals surface area contributed by atoms with Crippen LogP contribution >= 0.6 is 11.3 Å². The zero-order chi connectivity index (χ0) is 23.8. The third-order valence-corrected chi connectivity index (χ3v) is 6.74. The summed E-state index contributed by atoms with van der Waals surface area (Å²) in [7, 11) is 3.89. The van der Waals surface area contributed by atoms with Crippen molar-refractivity contribution in [3.63, 3.8) is 0 Å². The van der Waals surface area contributed by atoms with Gasteiger partial charge in [-0.2, -0.15) is 0 Å². The lowest BCUT2D eigenvalue weighted by Gasteiger charge is -2.20. The predicted octanol–water partition coefficient (Wildman–Crippen LogP) is 5.29. The minimum absolute atomic E-state index is 0.0755. The fourth-order valence-corrected chi connectivity index (χ4v) is 5.02. The molecule has 0 spiro atoms. The number of para-hydroxylation sites is 1. The van der Waals surface area contributed by atoms with Crippen LogP contribution in [0, 0.1) is 5.82 Å². The van der Waals surface area contributed by atoms with Crippen LogP contribution in [0.25, 0.3) is 32.0 Å². The fourth-order valence-electron chi connectivity index (χ4n) is 4.01. The summed E-state index contributed by atoms with van der Waals surface area (Å²) in [5.74, 6) is -0.959. The van der Waals surface area contributed by atoms with Crippen molar-refractivity contribution in [3.8, 4) is 0 Å². The molecular formula is C26H22FN3O3S. The Balaban J connectivity index is 1.62. The van der Waals surface area contributed by atoms with Crippen molar-refractivity contribution in [2.75, 3.05) is 32.1 Å². The van der Waals surface area contributed by atoms with Crippen molar-refractivity contribution in [1.82, 2.24) is 9.88 Å². The van der Waals surface area contributed by atoms with Gasteiger partial charge in [-0.05, 0) is 62.1 Å². The Morgan fingerprint density at radius 1 is 1.03 bits per heavy atom. The molecule has 0 radical (unpaired) electrons. The number of rotatable bonds is 6. The van der Waals surface area contributed by atoms with Crippen molar-refractivity contribution < 1.29 is 13.6 Å². The van der Waals surface area contributed by atoms with E-state index < -0.39 is 17.3 Å². The molecule has 3 aromatic carbocycles. The Labute approximate surface area is 198 Å². The van der Waals surface area contributed by atoms with Crippen molar-refractivity contribution >= 4 is 54.3 Å². The minimum atomic E-state index is -0.710. The molecule has 8 heteroatoms. The lowest BCUT2D eigenvalue weighted by molar-refractivity contribution is 0.0982. The molecule has 6 nitrogen and oxygen atoms in total. The third-order valence-electron chi connectivity index (χ3n) is 5.69. The van der Waals surface area contributed by atoms with E-state index in [-0.39, 0.29) is 11.1 Å². The summed E-state index contributed by atoms with van der Waals surface area (Å²) >= 11 is 1.22. The van der Waals surface area contributed by atoms with Crippen LogP contribution in [-0.4, -0.2) is 43.0 Å². The molecule has 0 unspecified atom stereocenters. The van der Waals surface area contributed by atoms with Gasteiger partial charge < -0.3 is 9.32 Å². The second kappa shape index (κ2) is 8.96. The van der Waals surface area contributed by atoms with E-state index in [1.807, 2.05) is 49.3 Å². The molecule has 0 aliphatic heterocycles. The number of fused-ring (bicyclic) bond motifs is 4. The van der Waals surface area contributed by atoms with Gasteiger partial charge >= 0.3 is 5.63 Å². The van der Waals surface area contributed by atoms with Gasteiger partial charge in [0, 0.05) is 11.9 Å². The number of anilines is 1. The minimum Gasteiger partial charge on any atom is -0.422 e. The van der Waals surface area contributed by atoms with E-state index in [0.29, 0.717) is 33.8 Å². The summed E-state index contributed by atoms with van der Waals surface area (Å²) in [4.78, 5) is 34.4. The van der Waals surface area contributed by atoms with Gasteiger partial charge in [-0.25, -0.2) is 14.2 Å². The molecule has 0 aliphatic carbocycles. The van der Waals surface area contributed by atoms with E-state index in [1.165, 1.54) is 22.3 Å². The van der Waals surface area contributed by atoms with Crippen LogP contribution in [0.5, 0.6) is 0 Å². The maximum Gasteiger partial charge on any atom is 0.349 e. The smallest absolute Gasteiger partial charge is 0.349 e. The number of aromatic nitrogens is 1. The molecule has 0 saturated carbocycles. The topological polar surface area (TPSA) is 66.7 Å². The van der Waals surface area contributed by atoms with E-state index >= 15 is 0 Å². The standard InChI is InChI=1S/C26H22FN3O3S/c1-29(2)13-6-14-30(26-28-23-20(27)9-5-10-22(23)34-26)24(31)19-15-18-17-8-4-3-7-16(17)11-12-21(18)33-25(19)32/h3-5,7-12,15H,6,13-14H2,1-2H3. The first-order valence-corrected chi connectivity index (χ1v) is 11.7. The maximum absolute atomic E-state index is 14.3. The average Bonchev–Trinajstić information content (AvgIpc) is 3.26. The van der Waals surface area contributed by atoms with Gasteiger partial charge in [0.1, 0.15) is 22.5 Å². The van der Waals surface area contributed by atoms with Crippen LogP contribution in [0.3, 0.4) is 0 Å². The summed E-state index contributed by atoms with van der Waals surface area (Å²) in [5.41, 5.74) is -0.156. The van der Waals surface area contributed by atoms with Gasteiger partial charge in [0.25, 0.3) is 5.91 Å². The SMILES string of the molecule is CN(C)CCCN(C(=O)c1cc2c(ccc3ccccc32)oc1=O)c1nc2c(F)cccc2s1. The first kappa shape index (κ1) is 22.2. The number of carbonyl (C=O) groups is 1. The van der Waals surface area contributed by atoms with E-state index in [0.717, 1.165) is 17.3 Å². The Bertz CT molecular complexity index is 1590. The number of amides is 1. The van der Waals surface area contributed by atoms with Gasteiger partial charge in [0.15, 0.2) is 5.13 Å². The molecule has 0 N–H and O–H groups in total. The molecule has 5 aromatic rings. The average molecular weight is 476 g/mol. The number of nitrogens with zero attached hydrogens (tertiary/aromatic N) is 3. The van der Waals surface area contributed by atoms with Crippen LogP contribution in [0.15, 0.2) is 69.9 Å². The molecule has 172 valence electrons. The fraction of sp³-hybridized carbons (Fsp3) is 0.192. The second-order valence-corrected chi connectivity index (χ2v) is 9.35. The summed E-state index contributed by atoms with van der Waals surface area (Å²) in [6, 6.07) is 17.6. The molecule has 0 fully saturated rings. The second-order valence-electron chi connectivity index (χ2n) is 8.34. The lowest BCUT2D eigenvalue weighted by Crippen LogP contribution is -2.36. The zero-order valence-corrected chi connectivity index (χ0v) is 19.6. The predicted molar refractivity (Wildman–Crippen MR) is 134 cm³/mol. The largest absolute Gasteiger partial charge is 0.422 e. The van der Waals surface area contributed by atoms with Crippen molar-refractivity contribution in [3.05, 3.63) is 82.5 Å². The number of carbonyl (C=O) groups excluding carboxylic acids is 1. The van der Waals surface area contributed by atoms with Crippen molar-refractivity contribution in [1.29, 1.82) is 0 Å². The van der Waals surface area contributed by atoms with Gasteiger partial charge in [0.05, 0.1) is 4.70 Å². The van der Waals surface area contributed by atoms with E-state index in [2.05, 4.69) is 4.98 Å².